The van der Waals surface area contributed by atoms with Crippen molar-refractivity contribution in [1.82, 2.24) is 9.97 Å². The van der Waals surface area contributed by atoms with Gasteiger partial charge in [0.2, 0.25) is 0 Å². The lowest BCUT2D eigenvalue weighted by Gasteiger charge is -2.16. The molecule has 2 aromatic heterocycles. The zero-order valence-corrected chi connectivity index (χ0v) is 12.7. The van der Waals surface area contributed by atoms with Gasteiger partial charge in [0.15, 0.2) is 11.6 Å². The molecule has 0 radical (unpaired) electrons. The third-order valence-corrected chi connectivity index (χ3v) is 3.13. The molecule has 4 nitrogen and oxygen atoms in total. The van der Waals surface area contributed by atoms with E-state index in [0.717, 1.165) is 0 Å². The summed E-state index contributed by atoms with van der Waals surface area (Å²) in [7, 11) is 0. The van der Waals surface area contributed by atoms with Crippen molar-refractivity contribution in [3.8, 4) is 11.4 Å². The highest BCUT2D eigenvalue weighted by atomic mass is 16.1. The fourth-order valence-corrected chi connectivity index (χ4v) is 1.93. The van der Waals surface area contributed by atoms with E-state index in [4.69, 9.17) is 0 Å². The minimum Gasteiger partial charge on any atom is -0.295 e. The lowest BCUT2D eigenvalue weighted by molar-refractivity contribution is 0.0858. The summed E-state index contributed by atoms with van der Waals surface area (Å²) in [5.74, 6) is 0.0226. The summed E-state index contributed by atoms with van der Waals surface area (Å²) in [4.78, 5) is 32.2. The van der Waals surface area contributed by atoms with Crippen molar-refractivity contribution in [2.75, 3.05) is 0 Å². The van der Waals surface area contributed by atoms with E-state index in [9.17, 15) is 9.59 Å². The van der Waals surface area contributed by atoms with Crippen LogP contribution in [0.5, 0.6) is 0 Å². The first-order chi connectivity index (χ1) is 9.79. The molecule has 0 saturated heterocycles. The Labute approximate surface area is 124 Å². The SMILES string of the molecule is CC(=O)c1ccnc(-c2cc(C(=O)C(C)(C)C)ccn2)c1. The van der Waals surface area contributed by atoms with Gasteiger partial charge in [0, 0.05) is 28.9 Å². The number of Topliss-reactive ketones (excluding diaryl/α,β-unsaturated/α-hetero) is 2. The van der Waals surface area contributed by atoms with Crippen LogP contribution in [0.15, 0.2) is 36.7 Å². The smallest absolute Gasteiger partial charge is 0.168 e. The van der Waals surface area contributed by atoms with Crippen molar-refractivity contribution in [3.05, 3.63) is 47.8 Å². The number of hydrogen-bond acceptors (Lipinski definition) is 4. The molecule has 0 aliphatic heterocycles. The van der Waals surface area contributed by atoms with Gasteiger partial charge < -0.3 is 0 Å². The molecular formula is C17H18N2O2. The van der Waals surface area contributed by atoms with Crippen molar-refractivity contribution in [2.45, 2.75) is 27.7 Å². The molecule has 4 heteroatoms. The molecule has 0 aliphatic carbocycles. The van der Waals surface area contributed by atoms with Gasteiger partial charge in [-0.15, -0.1) is 0 Å². The van der Waals surface area contributed by atoms with Gasteiger partial charge in [-0.05, 0) is 31.2 Å². The van der Waals surface area contributed by atoms with E-state index in [1.54, 1.807) is 36.7 Å². The van der Waals surface area contributed by atoms with Crippen LogP contribution in [0.4, 0.5) is 0 Å². The van der Waals surface area contributed by atoms with E-state index < -0.39 is 5.41 Å². The standard InChI is InChI=1S/C17H18N2O2/c1-11(20)12-5-7-18-14(9-12)15-10-13(6-8-19-15)16(21)17(2,3)4/h5-10H,1-4H3. The normalized spacial score (nSPS) is 11.2. The van der Waals surface area contributed by atoms with Gasteiger partial charge in [-0.3, -0.25) is 19.6 Å². The number of aromatic nitrogens is 2. The van der Waals surface area contributed by atoms with Crippen molar-refractivity contribution in [3.63, 3.8) is 0 Å². The second-order valence-corrected chi connectivity index (χ2v) is 5.99. The van der Waals surface area contributed by atoms with E-state index in [1.165, 1.54) is 6.92 Å². The molecule has 0 atom stereocenters. The van der Waals surface area contributed by atoms with Crippen molar-refractivity contribution in [2.24, 2.45) is 5.41 Å². The molecule has 0 bridgehead atoms. The Balaban J connectivity index is 2.45. The Morgan fingerprint density at radius 1 is 0.905 bits per heavy atom. The molecule has 0 fully saturated rings. The number of hydrogen-bond donors (Lipinski definition) is 0. The Bertz CT molecular complexity index is 700. The van der Waals surface area contributed by atoms with E-state index >= 15 is 0 Å². The van der Waals surface area contributed by atoms with Gasteiger partial charge in [0.05, 0.1) is 11.4 Å². The number of carbonyl (C=O) groups excluding carboxylic acids is 2. The minimum atomic E-state index is -0.451. The minimum absolute atomic E-state index is 0.0272. The van der Waals surface area contributed by atoms with Crippen LogP contribution in [0.25, 0.3) is 11.4 Å². The topological polar surface area (TPSA) is 59.9 Å². The Kier molecular flexibility index (Phi) is 3.98. The molecule has 0 saturated carbocycles. The maximum Gasteiger partial charge on any atom is 0.168 e. The lowest BCUT2D eigenvalue weighted by Crippen LogP contribution is -2.20. The Hall–Kier alpha value is -2.36. The Morgan fingerprint density at radius 3 is 1.86 bits per heavy atom. The fourth-order valence-electron chi connectivity index (χ4n) is 1.93. The zero-order chi connectivity index (χ0) is 15.6. The second kappa shape index (κ2) is 5.56. The predicted molar refractivity (Wildman–Crippen MR) is 81.3 cm³/mol. The van der Waals surface area contributed by atoms with Crippen LogP contribution in [-0.2, 0) is 0 Å². The predicted octanol–water partition coefficient (Wildman–Crippen LogP) is 3.58. The highest BCUT2D eigenvalue weighted by Crippen LogP contribution is 2.23. The molecule has 0 spiro atoms. The molecule has 2 rings (SSSR count). The molecule has 0 amide bonds. The molecule has 108 valence electrons. The number of nitrogens with zero attached hydrogens (tertiary/aromatic N) is 2. The summed E-state index contributed by atoms with van der Waals surface area (Å²) in [6.07, 6.45) is 3.17. The van der Waals surface area contributed by atoms with E-state index in [1.807, 2.05) is 20.8 Å². The summed E-state index contributed by atoms with van der Waals surface area (Å²) in [6.45, 7) is 7.14. The monoisotopic (exact) mass is 282 g/mol. The van der Waals surface area contributed by atoms with Crippen LogP contribution >= 0.6 is 0 Å². The number of ketones is 2. The van der Waals surface area contributed by atoms with Crippen LogP contribution in [-0.4, -0.2) is 21.5 Å². The van der Waals surface area contributed by atoms with Crippen LogP contribution in [0, 0.1) is 5.41 Å². The van der Waals surface area contributed by atoms with Gasteiger partial charge in [-0.25, -0.2) is 0 Å². The highest BCUT2D eigenvalue weighted by Gasteiger charge is 2.23. The second-order valence-electron chi connectivity index (χ2n) is 5.99. The molecule has 0 aliphatic rings. The third-order valence-electron chi connectivity index (χ3n) is 3.13. The van der Waals surface area contributed by atoms with Crippen LogP contribution < -0.4 is 0 Å². The number of pyridine rings is 2. The first-order valence-corrected chi connectivity index (χ1v) is 6.77. The van der Waals surface area contributed by atoms with Crippen molar-refractivity contribution < 1.29 is 9.59 Å². The molecule has 0 aromatic carbocycles. The van der Waals surface area contributed by atoms with Gasteiger partial charge in [-0.1, -0.05) is 20.8 Å². The maximum atomic E-state index is 12.3. The number of rotatable bonds is 3. The molecule has 0 N–H and O–H groups in total. The lowest BCUT2D eigenvalue weighted by atomic mass is 9.86. The maximum absolute atomic E-state index is 12.3. The largest absolute Gasteiger partial charge is 0.295 e. The van der Waals surface area contributed by atoms with Crippen molar-refractivity contribution >= 4 is 11.6 Å². The Morgan fingerprint density at radius 2 is 1.38 bits per heavy atom. The summed E-state index contributed by atoms with van der Waals surface area (Å²) < 4.78 is 0. The average molecular weight is 282 g/mol. The van der Waals surface area contributed by atoms with Gasteiger partial charge in [-0.2, -0.15) is 0 Å². The summed E-state index contributed by atoms with van der Waals surface area (Å²) >= 11 is 0. The highest BCUT2D eigenvalue weighted by molar-refractivity contribution is 6.00. The summed E-state index contributed by atoms with van der Waals surface area (Å²) in [5, 5.41) is 0. The van der Waals surface area contributed by atoms with E-state index in [-0.39, 0.29) is 11.6 Å². The van der Waals surface area contributed by atoms with Gasteiger partial charge in [0.1, 0.15) is 0 Å². The molecule has 0 unspecified atom stereocenters. The molecule has 21 heavy (non-hydrogen) atoms. The number of carbonyl (C=O) groups is 2. The quantitative estimate of drug-likeness (QED) is 0.807. The van der Waals surface area contributed by atoms with Gasteiger partial charge in [0.25, 0.3) is 0 Å². The van der Waals surface area contributed by atoms with Crippen LogP contribution in [0.3, 0.4) is 0 Å². The van der Waals surface area contributed by atoms with Crippen molar-refractivity contribution in [1.29, 1.82) is 0 Å². The summed E-state index contributed by atoms with van der Waals surface area (Å²) in [6, 6.07) is 6.78. The average Bonchev–Trinajstić information content (AvgIpc) is 2.45. The van der Waals surface area contributed by atoms with E-state index in [2.05, 4.69) is 9.97 Å². The molecular weight excluding hydrogens is 264 g/mol. The summed E-state index contributed by atoms with van der Waals surface area (Å²) in [5.41, 5.74) is 1.91. The van der Waals surface area contributed by atoms with E-state index in [0.29, 0.717) is 22.5 Å². The molecule has 2 aromatic rings. The van der Waals surface area contributed by atoms with Crippen LogP contribution in [0.1, 0.15) is 48.4 Å². The third kappa shape index (κ3) is 3.40. The fraction of sp³-hybridized carbons (Fsp3) is 0.294. The van der Waals surface area contributed by atoms with Crippen LogP contribution in [0.2, 0.25) is 0 Å². The first-order valence-electron chi connectivity index (χ1n) is 6.77. The zero-order valence-electron chi connectivity index (χ0n) is 12.7. The first kappa shape index (κ1) is 15.0. The molecule has 2 heterocycles. The van der Waals surface area contributed by atoms with Gasteiger partial charge >= 0.3 is 0 Å².